The summed E-state index contributed by atoms with van der Waals surface area (Å²) in [4.78, 5) is 39.6. The first-order valence-corrected chi connectivity index (χ1v) is 9.65. The molecule has 3 aromatic rings. The van der Waals surface area contributed by atoms with Crippen molar-refractivity contribution in [2.45, 2.75) is 39.3 Å². The van der Waals surface area contributed by atoms with Gasteiger partial charge in [0.2, 0.25) is 0 Å². The molecule has 0 radical (unpaired) electrons. The maximum Gasteiger partial charge on any atom is 0.419 e. The molecule has 0 fully saturated rings. The molecule has 1 N–H and O–H groups in total. The van der Waals surface area contributed by atoms with E-state index in [9.17, 15) is 27.2 Å². The van der Waals surface area contributed by atoms with Gasteiger partial charge >= 0.3 is 6.18 Å². The number of H-pyrrole nitrogens is 1. The number of hydrogen-bond donors (Lipinski definition) is 1. The van der Waals surface area contributed by atoms with Gasteiger partial charge in [0, 0.05) is 24.9 Å². The van der Waals surface area contributed by atoms with E-state index < -0.39 is 40.2 Å². The zero-order chi connectivity index (χ0) is 23.7. The molecular formula is C22H20F4N4O2. The van der Waals surface area contributed by atoms with Crippen LogP contribution >= 0.6 is 0 Å². The molecule has 0 aliphatic carbocycles. The first-order chi connectivity index (χ1) is 14.9. The zero-order valence-electron chi connectivity index (χ0n) is 17.5. The Hall–Kier alpha value is -3.43. The third-order valence-electron chi connectivity index (χ3n) is 4.94. The molecule has 6 nitrogen and oxygen atoms in total. The highest BCUT2D eigenvalue weighted by atomic mass is 19.4. The Bertz CT molecular complexity index is 1190. The van der Waals surface area contributed by atoms with Crippen LogP contribution in [0, 0.1) is 11.2 Å². The van der Waals surface area contributed by atoms with E-state index in [-0.39, 0.29) is 29.3 Å². The van der Waals surface area contributed by atoms with Crippen LogP contribution < -0.4 is 5.56 Å². The van der Waals surface area contributed by atoms with Crippen molar-refractivity contribution in [2.75, 3.05) is 0 Å². The molecule has 3 rings (SSSR count). The maximum atomic E-state index is 14.2. The van der Waals surface area contributed by atoms with Crippen molar-refractivity contribution in [2.24, 2.45) is 5.41 Å². The van der Waals surface area contributed by atoms with Crippen LogP contribution in [0.1, 0.15) is 54.7 Å². The quantitative estimate of drug-likeness (QED) is 0.448. The number of benzene rings is 1. The summed E-state index contributed by atoms with van der Waals surface area (Å²) >= 11 is 0. The lowest BCUT2D eigenvalue weighted by Gasteiger charge is -2.31. The van der Waals surface area contributed by atoms with Crippen molar-refractivity contribution in [3.63, 3.8) is 0 Å². The van der Waals surface area contributed by atoms with Gasteiger partial charge in [0.05, 0.1) is 5.56 Å². The fourth-order valence-corrected chi connectivity index (χ4v) is 3.32. The summed E-state index contributed by atoms with van der Waals surface area (Å²) in [6.07, 6.45) is -2.11. The summed E-state index contributed by atoms with van der Waals surface area (Å²) in [6.45, 7) is 5.36. The fourth-order valence-electron chi connectivity index (χ4n) is 3.32. The number of nitrogens with zero attached hydrogens (tertiary/aromatic N) is 3. The van der Waals surface area contributed by atoms with Crippen LogP contribution in [0.3, 0.4) is 0 Å². The minimum atomic E-state index is -4.82. The van der Waals surface area contributed by atoms with E-state index in [0.717, 1.165) is 12.1 Å². The van der Waals surface area contributed by atoms with E-state index >= 15 is 0 Å². The standard InChI is InChI=1S/C22H20F4N4O2/c1-21(2,3)14(12-5-6-13(15(23)9-12)22(24,25)26)10-17(31)16-11-18(32)30-20(29-16)19-27-7-4-8-28-19/h4-9,11,14H,10H2,1-3H3,(H,29,30,32)/t14-/m0/s1. The molecule has 0 aliphatic rings. The van der Waals surface area contributed by atoms with Crippen molar-refractivity contribution in [1.29, 1.82) is 0 Å². The van der Waals surface area contributed by atoms with Crippen molar-refractivity contribution in [3.8, 4) is 11.6 Å². The summed E-state index contributed by atoms with van der Waals surface area (Å²) in [5.41, 5.74) is -2.46. The Kier molecular flexibility index (Phi) is 6.25. The number of ketones is 1. The Morgan fingerprint density at radius 1 is 1.09 bits per heavy atom. The average Bonchev–Trinajstić information content (AvgIpc) is 2.70. The molecule has 0 spiro atoms. The molecule has 168 valence electrons. The van der Waals surface area contributed by atoms with Crippen LogP contribution in [0.15, 0.2) is 47.5 Å². The highest BCUT2D eigenvalue weighted by Gasteiger charge is 2.36. The van der Waals surface area contributed by atoms with Crippen molar-refractivity contribution >= 4 is 5.78 Å². The summed E-state index contributed by atoms with van der Waals surface area (Å²) in [5.74, 6) is -2.43. The minimum absolute atomic E-state index is 0.00864. The molecule has 10 heteroatoms. The van der Waals surface area contributed by atoms with Gasteiger partial charge in [-0.2, -0.15) is 13.2 Å². The largest absolute Gasteiger partial charge is 0.419 e. The molecule has 0 unspecified atom stereocenters. The van der Waals surface area contributed by atoms with E-state index in [1.165, 1.54) is 18.5 Å². The third kappa shape index (κ3) is 5.24. The van der Waals surface area contributed by atoms with Gasteiger partial charge in [0.1, 0.15) is 11.5 Å². The summed E-state index contributed by atoms with van der Waals surface area (Å²) < 4.78 is 52.9. The second kappa shape index (κ2) is 8.60. The lowest BCUT2D eigenvalue weighted by Crippen LogP contribution is -2.24. The van der Waals surface area contributed by atoms with Crippen LogP contribution in [-0.2, 0) is 6.18 Å². The second-order valence-corrected chi connectivity index (χ2v) is 8.33. The predicted molar refractivity (Wildman–Crippen MR) is 108 cm³/mol. The molecule has 0 saturated carbocycles. The van der Waals surface area contributed by atoms with E-state index in [1.807, 2.05) is 0 Å². The van der Waals surface area contributed by atoms with Crippen molar-refractivity contribution < 1.29 is 22.4 Å². The van der Waals surface area contributed by atoms with Gasteiger partial charge < -0.3 is 4.98 Å². The predicted octanol–water partition coefficient (Wildman–Crippen LogP) is 4.79. The van der Waals surface area contributed by atoms with E-state index in [4.69, 9.17) is 0 Å². The molecule has 2 aromatic heterocycles. The Morgan fingerprint density at radius 2 is 1.75 bits per heavy atom. The number of rotatable bonds is 5. The first kappa shape index (κ1) is 23.2. The summed E-state index contributed by atoms with van der Waals surface area (Å²) in [5, 5.41) is 0. The fraction of sp³-hybridized carbons (Fsp3) is 0.318. The molecule has 1 atom stereocenters. The number of nitrogens with one attached hydrogen (secondary N) is 1. The van der Waals surface area contributed by atoms with Gasteiger partial charge in [-0.3, -0.25) is 9.59 Å². The summed E-state index contributed by atoms with van der Waals surface area (Å²) in [7, 11) is 0. The molecule has 0 bridgehead atoms. The van der Waals surface area contributed by atoms with Crippen LogP contribution in [0.5, 0.6) is 0 Å². The number of aromatic amines is 1. The average molecular weight is 448 g/mol. The molecule has 0 aliphatic heterocycles. The highest BCUT2D eigenvalue weighted by Crippen LogP contribution is 2.40. The van der Waals surface area contributed by atoms with Gasteiger partial charge in [-0.05, 0) is 35.1 Å². The molecule has 2 heterocycles. The summed E-state index contributed by atoms with van der Waals surface area (Å²) in [6, 6.07) is 5.25. The van der Waals surface area contributed by atoms with Gasteiger partial charge in [0.15, 0.2) is 17.4 Å². The number of hydrogen-bond acceptors (Lipinski definition) is 5. The number of halogens is 4. The first-order valence-electron chi connectivity index (χ1n) is 9.65. The van der Waals surface area contributed by atoms with Crippen LogP contribution in [0.4, 0.5) is 17.6 Å². The van der Waals surface area contributed by atoms with Crippen molar-refractivity contribution in [3.05, 3.63) is 75.7 Å². The number of alkyl halides is 3. The lowest BCUT2D eigenvalue weighted by atomic mass is 9.73. The SMILES string of the molecule is CC(C)(C)[C@@H](CC(=O)c1cc(=O)[nH]c(-c2ncccn2)n1)c1ccc(C(F)(F)F)c(F)c1. The minimum Gasteiger partial charge on any atom is -0.304 e. The second-order valence-electron chi connectivity index (χ2n) is 8.33. The number of aromatic nitrogens is 4. The maximum absolute atomic E-state index is 14.2. The topological polar surface area (TPSA) is 88.6 Å². The Morgan fingerprint density at radius 3 is 2.31 bits per heavy atom. The molecule has 1 aromatic carbocycles. The van der Waals surface area contributed by atoms with Gasteiger partial charge in [-0.15, -0.1) is 0 Å². The smallest absolute Gasteiger partial charge is 0.304 e. The van der Waals surface area contributed by atoms with Crippen LogP contribution in [0.2, 0.25) is 0 Å². The Balaban J connectivity index is 1.96. The molecule has 0 saturated heterocycles. The number of Topliss-reactive ketones (excluding diaryl/α,β-unsaturated/α-hetero) is 1. The zero-order valence-corrected chi connectivity index (χ0v) is 17.5. The van der Waals surface area contributed by atoms with Crippen molar-refractivity contribution in [1.82, 2.24) is 19.9 Å². The normalized spacial score (nSPS) is 13.1. The molecular weight excluding hydrogens is 428 g/mol. The van der Waals surface area contributed by atoms with Crippen LogP contribution in [-0.4, -0.2) is 25.7 Å². The number of carbonyl (C=O) groups excluding carboxylic acids is 1. The van der Waals surface area contributed by atoms with E-state index in [2.05, 4.69) is 19.9 Å². The monoisotopic (exact) mass is 448 g/mol. The van der Waals surface area contributed by atoms with Crippen LogP contribution in [0.25, 0.3) is 11.6 Å². The lowest BCUT2D eigenvalue weighted by molar-refractivity contribution is -0.140. The van der Waals surface area contributed by atoms with E-state index in [1.54, 1.807) is 26.8 Å². The molecule has 0 amide bonds. The van der Waals surface area contributed by atoms with E-state index in [0.29, 0.717) is 6.07 Å². The molecule has 32 heavy (non-hydrogen) atoms. The Labute approximate surface area is 180 Å². The number of carbonyl (C=O) groups is 1. The van der Waals surface area contributed by atoms with Gasteiger partial charge in [0.25, 0.3) is 5.56 Å². The van der Waals surface area contributed by atoms with Gasteiger partial charge in [-0.1, -0.05) is 26.8 Å². The van der Waals surface area contributed by atoms with Gasteiger partial charge in [-0.25, -0.2) is 19.3 Å². The highest BCUT2D eigenvalue weighted by molar-refractivity contribution is 5.95. The third-order valence-corrected chi connectivity index (χ3v) is 4.94.